The number of sulfonamides is 1. The highest BCUT2D eigenvalue weighted by atomic mass is 32.2. The van der Waals surface area contributed by atoms with E-state index in [4.69, 9.17) is 10.6 Å². The van der Waals surface area contributed by atoms with E-state index in [2.05, 4.69) is 20.5 Å². The Balaban J connectivity index is 1.51. The number of nitrogens with one attached hydrogen (secondary N) is 3. The molecule has 0 saturated carbocycles. The fraction of sp³-hybridized carbons (Fsp3) is 0.458. The number of aromatic nitrogens is 1. The van der Waals surface area contributed by atoms with Crippen LogP contribution in [0.5, 0.6) is 0 Å². The molecule has 196 valence electrons. The number of aryl methyl sites for hydroxylation is 4. The molecule has 1 aromatic heterocycles. The average Bonchev–Trinajstić information content (AvgIpc) is 3.24. The van der Waals surface area contributed by atoms with E-state index in [1.807, 2.05) is 19.1 Å². The number of carboxylic acids is 1. The number of hydrogen-bond acceptors (Lipinski definition) is 8. The summed E-state index contributed by atoms with van der Waals surface area (Å²) in [5.74, 6) is -1.40. The number of carbonyl (C=O) groups is 2. The van der Waals surface area contributed by atoms with Crippen molar-refractivity contribution in [2.75, 3.05) is 12.3 Å². The molecule has 1 fully saturated rings. The number of hydroxylamine groups is 1. The van der Waals surface area contributed by atoms with Crippen molar-refractivity contribution in [2.45, 2.75) is 69.5 Å². The van der Waals surface area contributed by atoms with Gasteiger partial charge in [0.15, 0.2) is 0 Å². The van der Waals surface area contributed by atoms with Gasteiger partial charge in [0.2, 0.25) is 15.9 Å². The lowest BCUT2D eigenvalue weighted by Gasteiger charge is -2.19. The van der Waals surface area contributed by atoms with Gasteiger partial charge in [0.05, 0.1) is 11.0 Å². The van der Waals surface area contributed by atoms with Crippen molar-refractivity contribution in [3.63, 3.8) is 0 Å². The summed E-state index contributed by atoms with van der Waals surface area (Å²) in [6, 6.07) is 6.69. The standard InChI is InChI=1S/C24H33N5O6S/c1-14-10-15(2)22(16(3)11-14)36(33,34)29-20(24(31)32)13-26-23(30)19-12-18(35-28-19)8-4-6-17-7-5-9-21(25)27-17/h5,7,9-11,18-20,28-29H,4,6,8,12-13H2,1-3H3,(H2,25,27)(H,26,30)(H,31,32). The molecule has 0 radical (unpaired) electrons. The summed E-state index contributed by atoms with van der Waals surface area (Å²) >= 11 is 0. The van der Waals surface area contributed by atoms with Crippen molar-refractivity contribution in [2.24, 2.45) is 0 Å². The summed E-state index contributed by atoms with van der Waals surface area (Å²) in [4.78, 5) is 34.1. The first-order valence-electron chi connectivity index (χ1n) is 11.7. The minimum atomic E-state index is -4.13. The highest BCUT2D eigenvalue weighted by molar-refractivity contribution is 7.89. The van der Waals surface area contributed by atoms with Gasteiger partial charge < -0.3 is 16.2 Å². The Morgan fingerprint density at radius 3 is 2.58 bits per heavy atom. The van der Waals surface area contributed by atoms with Crippen molar-refractivity contribution >= 4 is 27.7 Å². The van der Waals surface area contributed by atoms with Crippen LogP contribution in [0.2, 0.25) is 0 Å². The number of anilines is 1. The number of benzene rings is 1. The summed E-state index contributed by atoms with van der Waals surface area (Å²) in [6.07, 6.45) is 2.42. The lowest BCUT2D eigenvalue weighted by molar-refractivity contribution is -0.139. The van der Waals surface area contributed by atoms with Gasteiger partial charge in [-0.1, -0.05) is 23.8 Å². The van der Waals surface area contributed by atoms with Crippen LogP contribution in [0.25, 0.3) is 0 Å². The molecule has 3 atom stereocenters. The van der Waals surface area contributed by atoms with Gasteiger partial charge in [0.25, 0.3) is 0 Å². The van der Waals surface area contributed by atoms with Gasteiger partial charge >= 0.3 is 5.97 Å². The smallest absolute Gasteiger partial charge is 0.323 e. The SMILES string of the molecule is Cc1cc(C)c(S(=O)(=O)NC(CNC(=O)C2CC(CCCc3cccc(N)n3)ON2)C(=O)O)c(C)c1. The third-order valence-corrected chi connectivity index (χ3v) is 7.70. The van der Waals surface area contributed by atoms with Crippen LogP contribution in [0.4, 0.5) is 5.82 Å². The van der Waals surface area contributed by atoms with E-state index in [0.717, 1.165) is 24.1 Å². The minimum Gasteiger partial charge on any atom is -0.480 e. The quantitative estimate of drug-likeness (QED) is 0.291. The van der Waals surface area contributed by atoms with Crippen LogP contribution >= 0.6 is 0 Å². The van der Waals surface area contributed by atoms with E-state index in [1.54, 1.807) is 32.0 Å². The van der Waals surface area contributed by atoms with Crippen molar-refractivity contribution in [1.29, 1.82) is 0 Å². The van der Waals surface area contributed by atoms with Crippen molar-refractivity contribution in [3.05, 3.63) is 52.7 Å². The highest BCUT2D eigenvalue weighted by Crippen LogP contribution is 2.22. The Kier molecular flexibility index (Phi) is 9.01. The first kappa shape index (κ1) is 27.5. The minimum absolute atomic E-state index is 0.0350. The molecule has 12 heteroatoms. The number of carbonyl (C=O) groups excluding carboxylic acids is 1. The number of aliphatic carboxylic acids is 1. The maximum Gasteiger partial charge on any atom is 0.323 e. The number of nitrogen functional groups attached to an aromatic ring is 1. The normalized spacial score (nSPS) is 18.6. The number of carboxylic acid groups (broad SMARTS) is 1. The van der Waals surface area contributed by atoms with Crippen LogP contribution in [0, 0.1) is 20.8 Å². The van der Waals surface area contributed by atoms with Gasteiger partial charge in [-0.3, -0.25) is 14.4 Å². The fourth-order valence-corrected chi connectivity index (χ4v) is 6.01. The van der Waals surface area contributed by atoms with E-state index >= 15 is 0 Å². The molecule has 1 amide bonds. The molecular formula is C24H33N5O6S. The molecule has 0 bridgehead atoms. The Morgan fingerprint density at radius 1 is 1.25 bits per heavy atom. The number of amides is 1. The molecule has 11 nitrogen and oxygen atoms in total. The van der Waals surface area contributed by atoms with Crippen LogP contribution in [-0.4, -0.2) is 55.1 Å². The summed E-state index contributed by atoms with van der Waals surface area (Å²) in [6.45, 7) is 4.74. The second-order valence-corrected chi connectivity index (χ2v) is 10.7. The number of nitrogens with zero attached hydrogens (tertiary/aromatic N) is 1. The first-order chi connectivity index (χ1) is 17.0. The second-order valence-electron chi connectivity index (χ2n) is 9.08. The molecule has 1 saturated heterocycles. The molecule has 2 heterocycles. The zero-order chi connectivity index (χ0) is 26.5. The average molecular weight is 520 g/mol. The maximum atomic E-state index is 12.9. The monoisotopic (exact) mass is 519 g/mol. The Morgan fingerprint density at radius 2 is 1.94 bits per heavy atom. The molecule has 3 rings (SSSR count). The number of rotatable bonds is 11. The molecule has 36 heavy (non-hydrogen) atoms. The van der Waals surface area contributed by atoms with Crippen LogP contribution < -0.4 is 21.3 Å². The summed E-state index contributed by atoms with van der Waals surface area (Å²) in [7, 11) is -4.13. The van der Waals surface area contributed by atoms with Gasteiger partial charge in [-0.2, -0.15) is 10.2 Å². The van der Waals surface area contributed by atoms with Crippen molar-refractivity contribution < 1.29 is 28.0 Å². The van der Waals surface area contributed by atoms with Gasteiger partial charge in [0.1, 0.15) is 17.9 Å². The fourth-order valence-electron chi connectivity index (χ4n) is 4.37. The Labute approximate surface area is 210 Å². The Bertz CT molecular complexity index is 1200. The highest BCUT2D eigenvalue weighted by Gasteiger charge is 2.32. The third-order valence-electron chi connectivity index (χ3n) is 5.93. The van der Waals surface area contributed by atoms with Crippen LogP contribution in [0.3, 0.4) is 0 Å². The van der Waals surface area contributed by atoms with Crippen LogP contribution in [0.1, 0.15) is 41.6 Å². The maximum absolute atomic E-state index is 12.9. The van der Waals surface area contributed by atoms with Gasteiger partial charge in [0, 0.05) is 18.7 Å². The topological polar surface area (TPSA) is 173 Å². The Hall–Kier alpha value is -3.06. The summed E-state index contributed by atoms with van der Waals surface area (Å²) in [5.41, 5.74) is 11.2. The van der Waals surface area contributed by atoms with Crippen molar-refractivity contribution in [3.8, 4) is 0 Å². The number of pyridine rings is 1. The van der Waals surface area contributed by atoms with Crippen LogP contribution in [-0.2, 0) is 30.9 Å². The molecule has 1 aliphatic heterocycles. The third kappa shape index (κ3) is 7.23. The number of hydrogen-bond donors (Lipinski definition) is 5. The molecule has 2 aromatic rings. The van der Waals surface area contributed by atoms with Gasteiger partial charge in [-0.05, 0) is 63.3 Å². The molecule has 1 aliphatic rings. The van der Waals surface area contributed by atoms with E-state index in [0.29, 0.717) is 29.8 Å². The molecular weight excluding hydrogens is 486 g/mol. The first-order valence-corrected chi connectivity index (χ1v) is 13.2. The summed E-state index contributed by atoms with van der Waals surface area (Å²) < 4.78 is 28.1. The number of nitrogens with two attached hydrogens (primary N) is 1. The van der Waals surface area contributed by atoms with Gasteiger partial charge in [-0.15, -0.1) is 0 Å². The van der Waals surface area contributed by atoms with E-state index in [-0.39, 0.29) is 11.0 Å². The van der Waals surface area contributed by atoms with E-state index < -0.39 is 40.5 Å². The molecule has 1 aromatic carbocycles. The lowest BCUT2D eigenvalue weighted by Crippen LogP contribution is -2.51. The molecule has 3 unspecified atom stereocenters. The lowest BCUT2D eigenvalue weighted by atomic mass is 10.0. The van der Waals surface area contributed by atoms with Crippen molar-refractivity contribution in [1.82, 2.24) is 20.5 Å². The predicted molar refractivity (Wildman–Crippen MR) is 133 cm³/mol. The predicted octanol–water partition coefficient (Wildman–Crippen LogP) is 1.12. The summed E-state index contributed by atoms with van der Waals surface area (Å²) in [5, 5.41) is 12.1. The zero-order valence-corrected chi connectivity index (χ0v) is 21.4. The van der Waals surface area contributed by atoms with Crippen LogP contribution in [0.15, 0.2) is 35.2 Å². The second kappa shape index (κ2) is 11.8. The largest absolute Gasteiger partial charge is 0.480 e. The molecule has 6 N–H and O–H groups in total. The van der Waals surface area contributed by atoms with E-state index in [9.17, 15) is 23.1 Å². The zero-order valence-electron chi connectivity index (χ0n) is 20.6. The molecule has 0 aliphatic carbocycles. The van der Waals surface area contributed by atoms with E-state index in [1.165, 1.54) is 0 Å². The molecule has 0 spiro atoms. The van der Waals surface area contributed by atoms with Gasteiger partial charge in [-0.25, -0.2) is 13.4 Å².